The number of benzene rings is 3. The number of nitrogens with zero attached hydrogens (tertiary/aromatic N) is 3. The van der Waals surface area contributed by atoms with Crippen LogP contribution in [0.1, 0.15) is 58.4 Å². The molecule has 286 valence electrons. The average Bonchev–Trinajstić information content (AvgIpc) is 3.12. The number of unbranched alkanes of at least 4 members (excludes halogenated alkanes) is 2. The molecule has 0 bridgehead atoms. The van der Waals surface area contributed by atoms with Gasteiger partial charge in [-0.2, -0.15) is 0 Å². The highest BCUT2D eigenvalue weighted by Crippen LogP contribution is 2.33. The fraction of sp³-hybridized carbons (Fsp3) is 0.447. The standard InChI is InChI=1S/C38H51N5O7.2ClH/c1-27-11-16-32(35(24-27)50-22-8-6-7-10-36(44)43-20-18-41(2)19-21-43)42(3)38(46)28-12-15-31(34(25-28)48-5)40-37(45)30-14-13-29(47-4)26-33(30)49-23-9-17-39;;/h11-16,24-26H,6-10,17-23,39H2,1-5H3,(H,40,45);2*1H. The van der Waals surface area contributed by atoms with Crippen molar-refractivity contribution < 1.29 is 33.3 Å². The fourth-order valence-electron chi connectivity index (χ4n) is 5.59. The molecule has 0 spiro atoms. The van der Waals surface area contributed by atoms with Crippen LogP contribution in [0.4, 0.5) is 11.4 Å². The second-order valence-electron chi connectivity index (χ2n) is 12.4. The zero-order valence-electron chi connectivity index (χ0n) is 30.8. The van der Waals surface area contributed by atoms with Crippen LogP contribution in [0, 0.1) is 6.92 Å². The molecule has 12 nitrogen and oxygen atoms in total. The lowest BCUT2D eigenvalue weighted by Gasteiger charge is -2.32. The van der Waals surface area contributed by atoms with Gasteiger partial charge in [0.1, 0.15) is 23.0 Å². The number of piperazine rings is 1. The van der Waals surface area contributed by atoms with Gasteiger partial charge in [0.15, 0.2) is 0 Å². The number of methoxy groups -OCH3 is 2. The smallest absolute Gasteiger partial charge is 0.259 e. The molecule has 3 aromatic rings. The quantitative estimate of drug-likeness (QED) is 0.163. The molecule has 52 heavy (non-hydrogen) atoms. The highest BCUT2D eigenvalue weighted by Gasteiger charge is 2.22. The predicted octanol–water partition coefficient (Wildman–Crippen LogP) is 5.83. The van der Waals surface area contributed by atoms with Crippen molar-refractivity contribution >= 4 is 53.9 Å². The van der Waals surface area contributed by atoms with Gasteiger partial charge in [-0.15, -0.1) is 24.8 Å². The Bertz CT molecular complexity index is 1620. The van der Waals surface area contributed by atoms with E-state index in [9.17, 15) is 14.4 Å². The van der Waals surface area contributed by atoms with Crippen molar-refractivity contribution in [1.29, 1.82) is 0 Å². The first-order chi connectivity index (χ1) is 24.1. The molecule has 0 saturated carbocycles. The van der Waals surface area contributed by atoms with Crippen LogP contribution in [0.5, 0.6) is 23.0 Å². The summed E-state index contributed by atoms with van der Waals surface area (Å²) in [5, 5.41) is 2.87. The average molecular weight is 763 g/mol. The van der Waals surface area contributed by atoms with E-state index < -0.39 is 5.91 Å². The van der Waals surface area contributed by atoms with Gasteiger partial charge in [0, 0.05) is 51.3 Å². The summed E-state index contributed by atoms with van der Waals surface area (Å²) in [6.45, 7) is 6.70. The second-order valence-corrected chi connectivity index (χ2v) is 12.4. The molecule has 1 aliphatic heterocycles. The van der Waals surface area contributed by atoms with Gasteiger partial charge in [-0.25, -0.2) is 0 Å². The Morgan fingerprint density at radius 2 is 1.52 bits per heavy atom. The summed E-state index contributed by atoms with van der Waals surface area (Å²) in [7, 11) is 6.80. The topological polar surface area (TPSA) is 136 Å². The van der Waals surface area contributed by atoms with Gasteiger partial charge in [0.25, 0.3) is 11.8 Å². The van der Waals surface area contributed by atoms with Crippen LogP contribution in [-0.4, -0.2) is 102 Å². The van der Waals surface area contributed by atoms with E-state index in [2.05, 4.69) is 17.3 Å². The van der Waals surface area contributed by atoms with Gasteiger partial charge in [0.2, 0.25) is 5.91 Å². The minimum atomic E-state index is -0.409. The van der Waals surface area contributed by atoms with Gasteiger partial charge >= 0.3 is 0 Å². The number of hydrogen-bond acceptors (Lipinski definition) is 9. The number of nitrogens with two attached hydrogens (primary N) is 1. The maximum atomic E-state index is 13.7. The molecule has 3 N–H and O–H groups in total. The third kappa shape index (κ3) is 12.2. The van der Waals surface area contributed by atoms with Crippen LogP contribution in [0.25, 0.3) is 0 Å². The van der Waals surface area contributed by atoms with E-state index in [4.69, 9.17) is 24.7 Å². The zero-order valence-corrected chi connectivity index (χ0v) is 32.4. The summed E-state index contributed by atoms with van der Waals surface area (Å²) in [4.78, 5) is 45.3. The highest BCUT2D eigenvalue weighted by molar-refractivity contribution is 6.09. The molecule has 0 radical (unpaired) electrons. The lowest BCUT2D eigenvalue weighted by molar-refractivity contribution is -0.132. The van der Waals surface area contributed by atoms with Crippen molar-refractivity contribution in [2.75, 3.05) is 84.5 Å². The van der Waals surface area contributed by atoms with Gasteiger partial charge in [-0.3, -0.25) is 14.4 Å². The maximum absolute atomic E-state index is 13.7. The number of anilines is 2. The van der Waals surface area contributed by atoms with E-state index in [1.807, 2.05) is 30.0 Å². The van der Waals surface area contributed by atoms with Crippen LogP contribution < -0.4 is 34.9 Å². The van der Waals surface area contributed by atoms with Crippen molar-refractivity contribution in [3.8, 4) is 23.0 Å². The Morgan fingerprint density at radius 3 is 2.21 bits per heavy atom. The lowest BCUT2D eigenvalue weighted by atomic mass is 10.1. The molecule has 1 heterocycles. The Balaban J connectivity index is 0.00000468. The van der Waals surface area contributed by atoms with Crippen molar-refractivity contribution in [2.24, 2.45) is 5.73 Å². The Morgan fingerprint density at radius 1 is 0.808 bits per heavy atom. The Hall–Kier alpha value is -4.23. The monoisotopic (exact) mass is 761 g/mol. The molecule has 0 atom stereocenters. The largest absolute Gasteiger partial charge is 0.497 e. The van der Waals surface area contributed by atoms with E-state index in [-0.39, 0.29) is 36.6 Å². The summed E-state index contributed by atoms with van der Waals surface area (Å²) < 4.78 is 22.9. The van der Waals surface area contributed by atoms with Gasteiger partial charge in [0.05, 0.1) is 44.4 Å². The molecule has 0 unspecified atom stereocenters. The van der Waals surface area contributed by atoms with E-state index in [1.54, 1.807) is 55.5 Å². The first kappa shape index (κ1) is 43.9. The molecule has 3 amide bonds. The van der Waals surface area contributed by atoms with E-state index in [0.29, 0.717) is 78.1 Å². The first-order valence-corrected chi connectivity index (χ1v) is 17.1. The van der Waals surface area contributed by atoms with E-state index >= 15 is 0 Å². The molecule has 1 saturated heterocycles. The number of hydrogen-bond donors (Lipinski definition) is 2. The van der Waals surface area contributed by atoms with E-state index in [0.717, 1.165) is 51.0 Å². The maximum Gasteiger partial charge on any atom is 0.259 e. The van der Waals surface area contributed by atoms with Crippen molar-refractivity contribution in [3.63, 3.8) is 0 Å². The van der Waals surface area contributed by atoms with Gasteiger partial charge in [-0.05, 0) is 94.2 Å². The third-order valence-corrected chi connectivity index (χ3v) is 8.67. The Labute approximate surface area is 319 Å². The van der Waals surface area contributed by atoms with Crippen LogP contribution in [0.3, 0.4) is 0 Å². The van der Waals surface area contributed by atoms with Crippen LogP contribution in [0.2, 0.25) is 0 Å². The number of nitrogens with one attached hydrogen (secondary N) is 1. The minimum absolute atomic E-state index is 0. The molecular formula is C38H53Cl2N5O7. The first-order valence-electron chi connectivity index (χ1n) is 17.1. The predicted molar refractivity (Wildman–Crippen MR) is 210 cm³/mol. The molecule has 4 rings (SSSR count). The summed E-state index contributed by atoms with van der Waals surface area (Å²) in [6.07, 6.45) is 3.67. The molecule has 0 aromatic heterocycles. The molecule has 1 fully saturated rings. The molecule has 3 aromatic carbocycles. The number of halogens is 2. The van der Waals surface area contributed by atoms with Crippen molar-refractivity contribution in [2.45, 2.75) is 39.0 Å². The molecule has 14 heteroatoms. The second kappa shape index (κ2) is 22.0. The third-order valence-electron chi connectivity index (χ3n) is 8.67. The minimum Gasteiger partial charge on any atom is -0.497 e. The molecule has 1 aliphatic rings. The summed E-state index contributed by atoms with van der Waals surface area (Å²) >= 11 is 0. The number of likely N-dealkylation sites (N-methyl/N-ethyl adjacent to an activating group) is 1. The zero-order chi connectivity index (χ0) is 36.0. The number of carbonyl (C=O) groups is 3. The van der Waals surface area contributed by atoms with Crippen LogP contribution in [-0.2, 0) is 4.79 Å². The van der Waals surface area contributed by atoms with Crippen LogP contribution >= 0.6 is 24.8 Å². The SMILES string of the molecule is COc1ccc(C(=O)Nc2ccc(C(=O)N(C)c3ccc(C)cc3OCCCCCC(=O)N3CCN(C)CC3)cc2OC)c(OCCCN)c1.Cl.Cl. The molecule has 0 aliphatic carbocycles. The van der Waals surface area contributed by atoms with Gasteiger partial charge in [-0.1, -0.05) is 6.07 Å². The normalized spacial score (nSPS) is 12.5. The summed E-state index contributed by atoms with van der Waals surface area (Å²) in [5.41, 5.74) is 8.32. The van der Waals surface area contributed by atoms with Gasteiger partial charge < -0.3 is 44.7 Å². The summed E-state index contributed by atoms with van der Waals surface area (Å²) in [6, 6.07) is 15.6. The number of amides is 3. The highest BCUT2D eigenvalue weighted by atomic mass is 35.5. The molecular weight excluding hydrogens is 709 g/mol. The lowest BCUT2D eigenvalue weighted by Crippen LogP contribution is -2.47. The fourth-order valence-corrected chi connectivity index (χ4v) is 5.59. The van der Waals surface area contributed by atoms with Crippen molar-refractivity contribution in [3.05, 3.63) is 71.3 Å². The van der Waals surface area contributed by atoms with Crippen LogP contribution in [0.15, 0.2) is 54.6 Å². The number of rotatable bonds is 17. The van der Waals surface area contributed by atoms with E-state index in [1.165, 1.54) is 7.11 Å². The summed E-state index contributed by atoms with van der Waals surface area (Å²) in [5.74, 6) is 1.39. The number of carbonyl (C=O) groups excluding carboxylic acids is 3. The van der Waals surface area contributed by atoms with Crippen molar-refractivity contribution in [1.82, 2.24) is 9.80 Å². The number of ether oxygens (including phenoxy) is 4. The number of aryl methyl sites for hydroxylation is 1. The Kier molecular flexibility index (Phi) is 18.6.